The fourth-order valence-corrected chi connectivity index (χ4v) is 3.86. The summed E-state index contributed by atoms with van der Waals surface area (Å²) in [6, 6.07) is 6.13. The smallest absolute Gasteiger partial charge is 0.322 e. The van der Waals surface area contributed by atoms with Crippen LogP contribution in [0, 0.1) is 5.92 Å². The Morgan fingerprint density at radius 1 is 1.40 bits per heavy atom. The van der Waals surface area contributed by atoms with Gasteiger partial charge in [-0.2, -0.15) is 0 Å². The first kappa shape index (κ1) is 21.9. The highest BCUT2D eigenvalue weighted by molar-refractivity contribution is 6.30. The van der Waals surface area contributed by atoms with Gasteiger partial charge in [0, 0.05) is 18.1 Å². The number of rotatable bonds is 8. The first-order chi connectivity index (χ1) is 14.3. The van der Waals surface area contributed by atoms with Crippen molar-refractivity contribution >= 4 is 29.4 Å². The van der Waals surface area contributed by atoms with Crippen molar-refractivity contribution in [3.8, 4) is 0 Å². The highest BCUT2D eigenvalue weighted by Crippen LogP contribution is 2.36. The number of nitrogens with one attached hydrogen (secondary N) is 2. The number of benzene rings is 1. The zero-order valence-corrected chi connectivity index (χ0v) is 18.0. The zero-order chi connectivity index (χ0) is 21.8. The Labute approximate surface area is 181 Å². The topological polar surface area (TPSA) is 81.8 Å². The van der Waals surface area contributed by atoms with Crippen molar-refractivity contribution in [1.29, 1.82) is 0 Å². The Hall–Kier alpha value is -2.80. The number of hydrogen-bond donors (Lipinski definition) is 2. The molecule has 1 aromatic rings. The molecule has 2 aliphatic heterocycles. The van der Waals surface area contributed by atoms with Gasteiger partial charge in [-0.3, -0.25) is 14.5 Å². The highest BCUT2D eigenvalue weighted by atomic mass is 35.5. The number of nitrogens with zero attached hydrogens (tertiary/aromatic N) is 2. The van der Waals surface area contributed by atoms with E-state index in [1.807, 2.05) is 6.07 Å². The molecule has 0 bridgehead atoms. The second kappa shape index (κ2) is 9.34. The largest absolute Gasteiger partial charge is 0.355 e. The van der Waals surface area contributed by atoms with Crippen LogP contribution in [-0.2, 0) is 9.59 Å². The third-order valence-electron chi connectivity index (χ3n) is 5.17. The molecule has 0 unspecified atom stereocenters. The first-order valence-corrected chi connectivity index (χ1v) is 10.4. The third kappa shape index (κ3) is 4.67. The molecule has 160 valence electrons. The molecule has 8 heteroatoms. The molecule has 0 radical (unpaired) electrons. The minimum atomic E-state index is -0.617. The van der Waals surface area contributed by atoms with Gasteiger partial charge in [0.1, 0.15) is 6.54 Å². The molecule has 0 spiro atoms. The summed E-state index contributed by atoms with van der Waals surface area (Å²) in [6.45, 7) is 8.86. The Bertz CT molecular complexity index is 896. The predicted molar refractivity (Wildman–Crippen MR) is 116 cm³/mol. The van der Waals surface area contributed by atoms with E-state index in [2.05, 4.69) is 31.1 Å². The lowest BCUT2D eigenvalue weighted by Crippen LogP contribution is -2.47. The van der Waals surface area contributed by atoms with Gasteiger partial charge in [-0.15, -0.1) is 6.58 Å². The van der Waals surface area contributed by atoms with Crippen LogP contribution in [0.4, 0.5) is 4.79 Å². The van der Waals surface area contributed by atoms with Gasteiger partial charge in [0.2, 0.25) is 5.91 Å². The van der Waals surface area contributed by atoms with E-state index < -0.39 is 6.04 Å². The molecule has 0 aliphatic carbocycles. The number of carbonyl (C=O) groups is 3. The van der Waals surface area contributed by atoms with Gasteiger partial charge in [-0.1, -0.05) is 43.7 Å². The molecule has 3 rings (SSSR count). The van der Waals surface area contributed by atoms with Gasteiger partial charge >= 0.3 is 6.03 Å². The maximum Gasteiger partial charge on any atom is 0.322 e. The molecule has 1 aromatic carbocycles. The summed E-state index contributed by atoms with van der Waals surface area (Å²) in [4.78, 5) is 41.3. The van der Waals surface area contributed by atoms with E-state index in [0.29, 0.717) is 28.8 Å². The van der Waals surface area contributed by atoms with Gasteiger partial charge in [0.05, 0.1) is 23.9 Å². The summed E-state index contributed by atoms with van der Waals surface area (Å²) >= 11 is 6.13. The van der Waals surface area contributed by atoms with Gasteiger partial charge in [0.15, 0.2) is 0 Å². The van der Waals surface area contributed by atoms with E-state index in [1.54, 1.807) is 24.3 Å². The second-order valence-corrected chi connectivity index (χ2v) is 8.33. The van der Waals surface area contributed by atoms with Crippen LogP contribution in [0.3, 0.4) is 0 Å². The summed E-state index contributed by atoms with van der Waals surface area (Å²) < 4.78 is 0. The standard InChI is InChI=1S/C22H27ClN4O3/c1-4-10-27-17-12-26(13-18(28)24-9-8-14(2)3)21(29)19(17)20(25-22(27)30)15-6-5-7-16(23)11-15/h4-7,11,14,20H,1,8-10,12-13H2,2-3H3,(H,24,28)(H,25,30)/t20-/m1/s1. The molecule has 30 heavy (non-hydrogen) atoms. The quantitative estimate of drug-likeness (QED) is 0.622. The predicted octanol–water partition coefficient (Wildman–Crippen LogP) is 2.85. The maximum absolute atomic E-state index is 13.2. The van der Waals surface area contributed by atoms with E-state index in [-0.39, 0.29) is 37.5 Å². The second-order valence-electron chi connectivity index (χ2n) is 7.89. The van der Waals surface area contributed by atoms with Gasteiger partial charge in [-0.25, -0.2) is 4.79 Å². The first-order valence-electron chi connectivity index (χ1n) is 10.0. The maximum atomic E-state index is 13.2. The molecular weight excluding hydrogens is 404 g/mol. The highest BCUT2D eigenvalue weighted by Gasteiger charge is 2.44. The molecule has 0 aromatic heterocycles. The lowest BCUT2D eigenvalue weighted by Gasteiger charge is -2.33. The van der Waals surface area contributed by atoms with Crippen LogP contribution in [0.25, 0.3) is 0 Å². The Kier molecular flexibility index (Phi) is 6.82. The molecule has 7 nitrogen and oxygen atoms in total. The Balaban J connectivity index is 1.84. The van der Waals surface area contributed by atoms with Crippen molar-refractivity contribution < 1.29 is 14.4 Å². The molecule has 0 saturated heterocycles. The minimum Gasteiger partial charge on any atom is -0.355 e. The van der Waals surface area contributed by atoms with E-state index in [9.17, 15) is 14.4 Å². The molecule has 2 aliphatic rings. The average Bonchev–Trinajstić information content (AvgIpc) is 3.00. The number of urea groups is 1. The molecule has 1 atom stereocenters. The summed E-state index contributed by atoms with van der Waals surface area (Å²) in [7, 11) is 0. The van der Waals surface area contributed by atoms with Crippen molar-refractivity contribution in [2.75, 3.05) is 26.2 Å². The summed E-state index contributed by atoms with van der Waals surface area (Å²) in [5.41, 5.74) is 1.79. The Morgan fingerprint density at radius 3 is 2.83 bits per heavy atom. The number of hydrogen-bond acceptors (Lipinski definition) is 3. The summed E-state index contributed by atoms with van der Waals surface area (Å²) in [5, 5.41) is 6.27. The van der Waals surface area contributed by atoms with Crippen molar-refractivity contribution in [2.45, 2.75) is 26.3 Å². The van der Waals surface area contributed by atoms with Crippen LogP contribution in [0.15, 0.2) is 48.2 Å². The van der Waals surface area contributed by atoms with Gasteiger partial charge in [0.25, 0.3) is 5.91 Å². The van der Waals surface area contributed by atoms with Crippen LogP contribution in [0.1, 0.15) is 31.9 Å². The summed E-state index contributed by atoms with van der Waals surface area (Å²) in [6.07, 6.45) is 2.48. The Morgan fingerprint density at radius 2 is 2.17 bits per heavy atom. The van der Waals surface area contributed by atoms with E-state index in [4.69, 9.17) is 11.6 Å². The lowest BCUT2D eigenvalue weighted by atomic mass is 9.95. The van der Waals surface area contributed by atoms with Crippen LogP contribution >= 0.6 is 11.6 Å². The van der Waals surface area contributed by atoms with Crippen LogP contribution in [0.2, 0.25) is 5.02 Å². The van der Waals surface area contributed by atoms with Gasteiger partial charge in [-0.05, 0) is 30.0 Å². The number of carbonyl (C=O) groups excluding carboxylic acids is 3. The monoisotopic (exact) mass is 430 g/mol. The van der Waals surface area contributed by atoms with Gasteiger partial charge < -0.3 is 15.5 Å². The fourth-order valence-electron chi connectivity index (χ4n) is 3.66. The van der Waals surface area contributed by atoms with Crippen LogP contribution in [0.5, 0.6) is 0 Å². The molecular formula is C22H27ClN4O3. The fraction of sp³-hybridized carbons (Fsp3) is 0.409. The van der Waals surface area contributed by atoms with E-state index in [1.165, 1.54) is 9.80 Å². The molecule has 4 amide bonds. The molecule has 0 fully saturated rings. The van der Waals surface area contributed by atoms with Crippen molar-refractivity contribution in [1.82, 2.24) is 20.4 Å². The van der Waals surface area contributed by atoms with Crippen LogP contribution < -0.4 is 10.6 Å². The molecule has 0 saturated carbocycles. The SMILES string of the molecule is C=CCN1C(=O)N[C@H](c2cccc(Cl)c2)C2=C1CN(CC(=O)NCCC(C)C)C2=O. The van der Waals surface area contributed by atoms with Crippen molar-refractivity contribution in [3.05, 3.63) is 58.8 Å². The van der Waals surface area contributed by atoms with E-state index in [0.717, 1.165) is 12.0 Å². The van der Waals surface area contributed by atoms with Crippen molar-refractivity contribution in [2.24, 2.45) is 5.92 Å². The van der Waals surface area contributed by atoms with E-state index >= 15 is 0 Å². The lowest BCUT2D eigenvalue weighted by molar-refractivity contribution is -0.131. The molecule has 2 heterocycles. The zero-order valence-electron chi connectivity index (χ0n) is 17.3. The molecule has 2 N–H and O–H groups in total. The minimum absolute atomic E-state index is 0.0533. The summed E-state index contributed by atoms with van der Waals surface area (Å²) in [5.74, 6) is 0.0106. The normalized spacial score (nSPS) is 18.6. The van der Waals surface area contributed by atoms with Crippen LogP contribution in [-0.4, -0.2) is 53.8 Å². The number of halogens is 1. The number of amides is 4. The third-order valence-corrected chi connectivity index (χ3v) is 5.40. The average molecular weight is 431 g/mol. The van der Waals surface area contributed by atoms with Crippen molar-refractivity contribution in [3.63, 3.8) is 0 Å².